The Kier molecular flexibility index (Phi) is 29.4. The number of hydrogen-bond acceptors (Lipinski definition) is 21. The number of hydrogen-bond donors (Lipinski definition) is 11. The van der Waals surface area contributed by atoms with E-state index in [2.05, 4.69) is 57.2 Å². The number of imide groups is 1. The summed E-state index contributed by atoms with van der Waals surface area (Å²) in [5.41, 5.74) is 10.2. The first kappa shape index (κ1) is 75.4. The Morgan fingerprint density at radius 2 is 1.37 bits per heavy atom. The number of carbonyl (C=O) groups excluding carboxylic acids is 8. The van der Waals surface area contributed by atoms with E-state index in [1.54, 1.807) is 50.2 Å². The number of aromatic amines is 1. The Morgan fingerprint density at radius 1 is 0.687 bits per heavy atom. The Hall–Kier alpha value is -11.0. The van der Waals surface area contributed by atoms with Crippen molar-refractivity contribution in [3.63, 3.8) is 0 Å². The summed E-state index contributed by atoms with van der Waals surface area (Å²) in [5.74, 6) is -7.11. The Bertz CT molecular complexity index is 3820. The summed E-state index contributed by atoms with van der Waals surface area (Å²) >= 11 is 0. The van der Waals surface area contributed by atoms with Gasteiger partial charge in [0.15, 0.2) is 0 Å². The van der Waals surface area contributed by atoms with Crippen LogP contribution in [-0.4, -0.2) is 197 Å². The van der Waals surface area contributed by atoms with E-state index in [-0.39, 0.29) is 136 Å². The fourth-order valence-corrected chi connectivity index (χ4v) is 9.58. The van der Waals surface area contributed by atoms with E-state index in [0.717, 1.165) is 16.7 Å². The van der Waals surface area contributed by atoms with Crippen molar-refractivity contribution in [1.29, 1.82) is 0 Å². The topological polar surface area (TPSA) is 447 Å². The van der Waals surface area contributed by atoms with E-state index in [4.69, 9.17) is 39.1 Å². The number of aromatic nitrogens is 5. The number of halogens is 1. The predicted octanol–water partition coefficient (Wildman–Crippen LogP) is 3.89. The zero-order chi connectivity index (χ0) is 71.2. The van der Waals surface area contributed by atoms with Gasteiger partial charge in [-0.1, -0.05) is 38.1 Å². The molecule has 6 aromatic rings. The molecule has 0 bridgehead atoms. The molecule has 0 saturated heterocycles. The van der Waals surface area contributed by atoms with Gasteiger partial charge >= 0.3 is 24.1 Å². The van der Waals surface area contributed by atoms with Crippen molar-refractivity contribution in [3.8, 4) is 28.5 Å². The first-order chi connectivity index (χ1) is 47.6. The van der Waals surface area contributed by atoms with Crippen molar-refractivity contribution < 1.29 is 91.0 Å². The van der Waals surface area contributed by atoms with Crippen LogP contribution in [0.15, 0.2) is 97.2 Å². The highest BCUT2D eigenvalue weighted by atomic mass is 19.1. The number of fused-ring (bicyclic) bond motifs is 1. The van der Waals surface area contributed by atoms with E-state index in [9.17, 15) is 62.5 Å². The number of H-pyrrole nitrogens is 1. The smallest absolute Gasteiger partial charge is 0.407 e. The highest BCUT2D eigenvalue weighted by Crippen LogP contribution is 2.32. The summed E-state index contributed by atoms with van der Waals surface area (Å²) in [5, 5.41) is 37.5. The van der Waals surface area contributed by atoms with E-state index >= 15 is 0 Å². The lowest BCUT2D eigenvalue weighted by Gasteiger charge is -2.27. The molecule has 32 nitrogen and oxygen atoms in total. The van der Waals surface area contributed by atoms with Gasteiger partial charge in [0.25, 0.3) is 11.8 Å². The zero-order valence-electron chi connectivity index (χ0n) is 54.6. The molecule has 33 heteroatoms. The number of aliphatic carboxylic acids is 1. The molecule has 12 N–H and O–H groups in total. The van der Waals surface area contributed by atoms with Gasteiger partial charge in [-0.25, -0.2) is 33.7 Å². The molecule has 0 spiro atoms. The molecule has 0 fully saturated rings. The molecule has 0 radical (unpaired) electrons. The second-order valence-corrected chi connectivity index (χ2v) is 22.5. The first-order valence-electron chi connectivity index (χ1n) is 31.6. The second-order valence-electron chi connectivity index (χ2n) is 22.5. The number of rotatable bonds is 42. The Morgan fingerprint density at radius 3 is 2.05 bits per heavy atom. The minimum Gasteiger partial charge on any atom is -0.481 e. The van der Waals surface area contributed by atoms with Gasteiger partial charge in [0.05, 0.1) is 107 Å². The number of carboxylic acids is 2. The normalized spacial score (nSPS) is 12.8. The molecule has 1 aliphatic rings. The number of benzene rings is 3. The lowest BCUT2D eigenvalue weighted by molar-refractivity contribution is -0.139. The van der Waals surface area contributed by atoms with Crippen LogP contribution >= 0.6 is 0 Å². The minimum atomic E-state index is -1.40. The van der Waals surface area contributed by atoms with Crippen molar-refractivity contribution in [2.24, 2.45) is 11.7 Å². The Labute approximate surface area is 567 Å². The lowest BCUT2D eigenvalue weighted by Crippen LogP contribution is -2.58. The standard InChI is InChI=1S/C66H79FN14O18/c1-39(2)58(80-62(88)50(17-20-57(85)86)75-53(82)21-25-94-28-30-96-32-33-97-31-29-95-27-24-81-55(83)18-19-56(81)84)63(89)77-49(8-5-22-69-65(68)92)61(87)74-43-12-9-41(10-13-43)38-99-66(93)70-23-26-98-54-37-72-47-16-11-42(34-51(47)76-54)59-60(48-7-4-6-40(3)73-48)79-52(78-59)36-71-44-14-15-46(67)45(35-44)64(90)91/h4,6-7,9-16,18-19,34-35,37,39,49-50,58,71H,5,8,17,20-33,36,38H2,1-3H3,(H,70,93)(H,74,87)(H,75,82)(H,77,89)(H,78,79)(H,80,88)(H,85,86)(H,90,91)(H3,68,69,92)/t49-,50-,58-/m0/s1. The number of ether oxygens (including phenoxy) is 6. The third kappa shape index (κ3) is 24.8. The van der Waals surface area contributed by atoms with Crippen LogP contribution in [-0.2, 0) is 70.4 Å². The molecule has 4 heterocycles. The van der Waals surface area contributed by atoms with E-state index in [1.165, 1.54) is 30.5 Å². The molecule has 0 saturated carbocycles. The van der Waals surface area contributed by atoms with Gasteiger partial charge in [0, 0.05) is 54.2 Å². The summed E-state index contributed by atoms with van der Waals surface area (Å²) in [6.07, 6.45) is 2.25. The number of imidazole rings is 1. The number of aromatic carboxylic acids is 1. The second kappa shape index (κ2) is 38.6. The summed E-state index contributed by atoms with van der Waals surface area (Å²) in [6.45, 7) is 6.71. The van der Waals surface area contributed by atoms with Crippen LogP contribution in [0, 0.1) is 18.7 Å². The first-order valence-corrected chi connectivity index (χ1v) is 31.6. The molecule has 99 heavy (non-hydrogen) atoms. The summed E-state index contributed by atoms with van der Waals surface area (Å²) in [6, 6.07) is 16.3. The Balaban J connectivity index is 0.838. The van der Waals surface area contributed by atoms with Crippen molar-refractivity contribution in [2.75, 3.05) is 89.7 Å². The van der Waals surface area contributed by atoms with E-state index < -0.39 is 89.5 Å². The average Bonchev–Trinajstić information content (AvgIpc) is 1.69. The van der Waals surface area contributed by atoms with Gasteiger partial charge in [-0.2, -0.15) is 0 Å². The molecule has 3 aromatic heterocycles. The number of aryl methyl sites for hydroxylation is 1. The molecule has 3 atom stereocenters. The van der Waals surface area contributed by atoms with Gasteiger partial charge < -0.3 is 86.6 Å². The largest absolute Gasteiger partial charge is 0.481 e. The molecule has 0 aliphatic carbocycles. The zero-order valence-corrected chi connectivity index (χ0v) is 54.6. The van der Waals surface area contributed by atoms with Gasteiger partial charge in [-0.15, -0.1) is 0 Å². The van der Waals surface area contributed by atoms with Crippen LogP contribution < -0.4 is 47.7 Å². The SMILES string of the molecule is Cc1cccc(-c2nc(CNc3ccc(F)c(C(=O)O)c3)[nH]c2-c2ccc3ncc(OCCNC(=O)OCc4ccc(NC(=O)[C@H](CCCNC(N)=O)NC(=O)[C@@H](NC(=O)[C@H](CCC(=O)O)NC(=O)CCOCCOCCOCCOCCN5C(=O)C=CC5=O)C(C)C)cc4)nc3c2)n1. The quantitative estimate of drug-likeness (QED) is 0.0191. The van der Waals surface area contributed by atoms with Gasteiger partial charge in [0.1, 0.15) is 48.7 Å². The number of nitrogens with zero attached hydrogens (tertiary/aromatic N) is 5. The molecular formula is C66H79FN14O18. The van der Waals surface area contributed by atoms with Crippen molar-refractivity contribution in [1.82, 2.24) is 56.4 Å². The number of alkyl carbamates (subject to hydrolysis) is 1. The molecule has 9 amide bonds. The van der Waals surface area contributed by atoms with Crippen molar-refractivity contribution >= 4 is 81.9 Å². The molecule has 1 aliphatic heterocycles. The van der Waals surface area contributed by atoms with Crippen LogP contribution in [0.3, 0.4) is 0 Å². The molecule has 0 unspecified atom stereocenters. The van der Waals surface area contributed by atoms with Crippen LogP contribution in [0.25, 0.3) is 33.7 Å². The molecular weight excluding hydrogens is 1300 g/mol. The fraction of sp³-hybridized carbons (Fsp3) is 0.394. The number of amides is 9. The van der Waals surface area contributed by atoms with Crippen molar-refractivity contribution in [2.45, 2.75) is 84.2 Å². The van der Waals surface area contributed by atoms with Crippen LogP contribution in [0.1, 0.15) is 73.4 Å². The number of pyridine rings is 1. The number of primary amides is 1. The third-order valence-electron chi connectivity index (χ3n) is 14.7. The minimum absolute atomic E-state index is 0.00230. The van der Waals surface area contributed by atoms with Gasteiger partial charge in [0.2, 0.25) is 29.5 Å². The maximum Gasteiger partial charge on any atom is 0.407 e. The van der Waals surface area contributed by atoms with Gasteiger partial charge in [-0.3, -0.25) is 43.4 Å². The highest BCUT2D eigenvalue weighted by molar-refractivity contribution is 6.13. The maximum atomic E-state index is 14.1. The van der Waals surface area contributed by atoms with E-state index in [1.807, 2.05) is 31.2 Å². The highest BCUT2D eigenvalue weighted by Gasteiger charge is 2.32. The third-order valence-corrected chi connectivity index (χ3v) is 14.7. The molecule has 3 aromatic carbocycles. The van der Waals surface area contributed by atoms with Crippen LogP contribution in [0.5, 0.6) is 5.88 Å². The van der Waals surface area contributed by atoms with Crippen LogP contribution in [0.4, 0.5) is 25.4 Å². The van der Waals surface area contributed by atoms with Crippen LogP contribution in [0.2, 0.25) is 0 Å². The van der Waals surface area contributed by atoms with E-state index in [0.29, 0.717) is 56.4 Å². The number of nitrogens with one attached hydrogen (secondary N) is 8. The summed E-state index contributed by atoms with van der Waals surface area (Å²) in [7, 11) is 0. The lowest BCUT2D eigenvalue weighted by atomic mass is 10.0. The molecule has 7 rings (SSSR count). The number of carbonyl (C=O) groups is 10. The number of anilines is 2. The fourth-order valence-electron chi connectivity index (χ4n) is 9.58. The predicted molar refractivity (Wildman–Crippen MR) is 353 cm³/mol. The van der Waals surface area contributed by atoms with Gasteiger partial charge in [-0.05, 0) is 92.3 Å². The number of carboxylic acid groups (broad SMARTS) is 2. The van der Waals surface area contributed by atoms with Crippen molar-refractivity contribution in [3.05, 3.63) is 126 Å². The number of urea groups is 1. The summed E-state index contributed by atoms with van der Waals surface area (Å²) < 4.78 is 47.1. The average molecular weight is 1380 g/mol. The number of nitrogens with two attached hydrogens (primary N) is 1. The monoisotopic (exact) mass is 1370 g/mol. The maximum absolute atomic E-state index is 14.1. The molecule has 528 valence electrons. The summed E-state index contributed by atoms with van der Waals surface area (Å²) in [4.78, 5) is 148.